The van der Waals surface area contributed by atoms with E-state index in [1.54, 1.807) is 0 Å². The zero-order valence-corrected chi connectivity index (χ0v) is 17.3. The number of likely N-dealkylation sites (tertiary alicyclic amines) is 1. The minimum Gasteiger partial charge on any atom is -0.330 e. The summed E-state index contributed by atoms with van der Waals surface area (Å²) >= 11 is 0. The first-order valence-electron chi connectivity index (χ1n) is 10.4. The summed E-state index contributed by atoms with van der Waals surface area (Å²) in [6.45, 7) is 3.37. The second-order valence-electron chi connectivity index (χ2n) is 8.04. The molecule has 0 bridgehead atoms. The van der Waals surface area contributed by atoms with Crippen molar-refractivity contribution in [1.82, 2.24) is 19.4 Å². The minimum atomic E-state index is -0.0686. The topological polar surface area (TPSA) is 63.1 Å². The molecular formula is C24H25N5O. The molecule has 152 valence electrons. The van der Waals surface area contributed by atoms with Crippen LogP contribution in [0.1, 0.15) is 37.3 Å². The van der Waals surface area contributed by atoms with Crippen LogP contribution in [0, 0.1) is 0 Å². The third kappa shape index (κ3) is 3.44. The molecule has 1 aliphatic rings. The number of anilines is 1. The van der Waals surface area contributed by atoms with Crippen molar-refractivity contribution in [2.45, 2.75) is 32.4 Å². The molecule has 1 saturated heterocycles. The first-order chi connectivity index (χ1) is 14.6. The zero-order chi connectivity index (χ0) is 20.7. The Kier molecular flexibility index (Phi) is 4.71. The number of para-hydroxylation sites is 2. The maximum Gasteiger partial charge on any atom is 0.221 e. The van der Waals surface area contributed by atoms with Crippen LogP contribution < -0.4 is 5.32 Å². The van der Waals surface area contributed by atoms with Gasteiger partial charge >= 0.3 is 0 Å². The van der Waals surface area contributed by atoms with Crippen molar-refractivity contribution in [3.05, 3.63) is 66.1 Å². The van der Waals surface area contributed by atoms with Gasteiger partial charge < -0.3 is 9.88 Å². The van der Waals surface area contributed by atoms with Crippen LogP contribution in [-0.2, 0) is 18.4 Å². The highest BCUT2D eigenvalue weighted by Gasteiger charge is 2.30. The predicted molar refractivity (Wildman–Crippen MR) is 119 cm³/mol. The molecule has 1 fully saturated rings. The molecule has 6 heteroatoms. The lowest BCUT2D eigenvalue weighted by atomic mass is 10.1. The smallest absolute Gasteiger partial charge is 0.221 e. The molecule has 4 aromatic rings. The van der Waals surface area contributed by atoms with E-state index in [1.165, 1.54) is 18.9 Å². The van der Waals surface area contributed by atoms with E-state index in [0.717, 1.165) is 53.1 Å². The summed E-state index contributed by atoms with van der Waals surface area (Å²) in [4.78, 5) is 23.6. The van der Waals surface area contributed by atoms with Crippen molar-refractivity contribution in [1.29, 1.82) is 0 Å². The van der Waals surface area contributed by atoms with Gasteiger partial charge in [-0.25, -0.2) is 4.98 Å². The second kappa shape index (κ2) is 7.54. The fraction of sp³-hybridized carbons (Fsp3) is 0.292. The Labute approximate surface area is 175 Å². The van der Waals surface area contributed by atoms with E-state index in [2.05, 4.69) is 52.2 Å². The van der Waals surface area contributed by atoms with Gasteiger partial charge in [-0.15, -0.1) is 0 Å². The maximum atomic E-state index is 11.3. The number of fused-ring (bicyclic) bond motifs is 2. The normalized spacial score (nSPS) is 17.1. The number of carbonyl (C=O) groups is 1. The van der Waals surface area contributed by atoms with Gasteiger partial charge in [0.25, 0.3) is 0 Å². The number of aromatic nitrogens is 3. The van der Waals surface area contributed by atoms with Gasteiger partial charge in [-0.05, 0) is 55.8 Å². The van der Waals surface area contributed by atoms with Crippen LogP contribution in [0.5, 0.6) is 0 Å². The monoisotopic (exact) mass is 399 g/mol. The quantitative estimate of drug-likeness (QED) is 0.552. The number of hydrogen-bond acceptors (Lipinski definition) is 4. The lowest BCUT2D eigenvalue weighted by molar-refractivity contribution is -0.114. The minimum absolute atomic E-state index is 0.0686. The third-order valence-corrected chi connectivity index (χ3v) is 5.92. The van der Waals surface area contributed by atoms with Crippen molar-refractivity contribution in [3.63, 3.8) is 0 Å². The van der Waals surface area contributed by atoms with E-state index in [-0.39, 0.29) is 5.91 Å². The SMILES string of the molecule is CC(=O)Nc1ccc2nc(CN3CCCC3c3nc4ccccc4n3C)ccc2c1. The molecular weight excluding hydrogens is 374 g/mol. The summed E-state index contributed by atoms with van der Waals surface area (Å²) < 4.78 is 2.23. The summed E-state index contributed by atoms with van der Waals surface area (Å²) in [5, 5.41) is 3.85. The van der Waals surface area contributed by atoms with Crippen molar-refractivity contribution < 1.29 is 4.79 Å². The highest BCUT2D eigenvalue weighted by Crippen LogP contribution is 2.34. The molecule has 30 heavy (non-hydrogen) atoms. The molecule has 1 unspecified atom stereocenters. The van der Waals surface area contributed by atoms with Gasteiger partial charge in [0.05, 0.1) is 28.3 Å². The Morgan fingerprint density at radius 3 is 2.80 bits per heavy atom. The fourth-order valence-electron chi connectivity index (χ4n) is 4.51. The summed E-state index contributed by atoms with van der Waals surface area (Å²) in [6, 6.07) is 18.6. The van der Waals surface area contributed by atoms with Gasteiger partial charge in [-0.3, -0.25) is 14.7 Å². The van der Waals surface area contributed by atoms with Crippen LogP contribution >= 0.6 is 0 Å². The highest BCUT2D eigenvalue weighted by molar-refractivity contribution is 5.92. The van der Waals surface area contributed by atoms with Crippen molar-refractivity contribution in [2.75, 3.05) is 11.9 Å². The van der Waals surface area contributed by atoms with Crippen molar-refractivity contribution in [3.8, 4) is 0 Å². The van der Waals surface area contributed by atoms with Gasteiger partial charge in [-0.2, -0.15) is 0 Å². The van der Waals surface area contributed by atoms with E-state index in [9.17, 15) is 4.79 Å². The molecule has 1 amide bonds. The lowest BCUT2D eigenvalue weighted by Crippen LogP contribution is -2.25. The van der Waals surface area contributed by atoms with Crippen LogP contribution in [0.3, 0.4) is 0 Å². The van der Waals surface area contributed by atoms with E-state index in [0.29, 0.717) is 6.04 Å². The number of carbonyl (C=O) groups excluding carboxylic acids is 1. The first kappa shape index (κ1) is 18.8. The molecule has 3 heterocycles. The molecule has 0 aliphatic carbocycles. The first-order valence-corrected chi connectivity index (χ1v) is 10.4. The lowest BCUT2D eigenvalue weighted by Gasteiger charge is -2.24. The second-order valence-corrected chi connectivity index (χ2v) is 8.04. The molecule has 1 N–H and O–H groups in total. The molecule has 0 spiro atoms. The molecule has 5 rings (SSSR count). The molecule has 6 nitrogen and oxygen atoms in total. The number of pyridine rings is 1. The molecule has 2 aromatic carbocycles. The van der Waals surface area contributed by atoms with Gasteiger partial charge in [0.2, 0.25) is 5.91 Å². The van der Waals surface area contributed by atoms with Crippen LogP contribution in [-0.4, -0.2) is 31.9 Å². The van der Waals surface area contributed by atoms with Crippen molar-refractivity contribution in [2.24, 2.45) is 7.05 Å². The Hall–Kier alpha value is -3.25. The van der Waals surface area contributed by atoms with Gasteiger partial charge in [0, 0.05) is 31.6 Å². The third-order valence-electron chi connectivity index (χ3n) is 5.92. The van der Waals surface area contributed by atoms with Gasteiger partial charge in [-0.1, -0.05) is 18.2 Å². The number of amides is 1. The van der Waals surface area contributed by atoms with E-state index >= 15 is 0 Å². The predicted octanol–water partition coefficient (Wildman–Crippen LogP) is 4.42. The van der Waals surface area contributed by atoms with Crippen LogP contribution in [0.15, 0.2) is 54.6 Å². The molecule has 1 atom stereocenters. The molecule has 1 aliphatic heterocycles. The summed E-state index contributed by atoms with van der Waals surface area (Å²) in [6.07, 6.45) is 2.28. The Morgan fingerprint density at radius 1 is 1.10 bits per heavy atom. The van der Waals surface area contributed by atoms with Crippen molar-refractivity contribution >= 4 is 33.5 Å². The largest absolute Gasteiger partial charge is 0.330 e. The number of benzene rings is 2. The van der Waals surface area contributed by atoms with Gasteiger partial charge in [0.1, 0.15) is 5.82 Å². The maximum absolute atomic E-state index is 11.3. The average molecular weight is 399 g/mol. The van der Waals surface area contributed by atoms with Crippen LogP contribution in [0.4, 0.5) is 5.69 Å². The van der Waals surface area contributed by atoms with Crippen LogP contribution in [0.25, 0.3) is 21.9 Å². The number of rotatable bonds is 4. The van der Waals surface area contributed by atoms with E-state index < -0.39 is 0 Å². The number of aryl methyl sites for hydroxylation is 1. The number of hydrogen-bond donors (Lipinski definition) is 1. The Balaban J connectivity index is 1.40. The molecule has 2 aromatic heterocycles. The van der Waals surface area contributed by atoms with E-state index in [4.69, 9.17) is 9.97 Å². The zero-order valence-electron chi connectivity index (χ0n) is 17.3. The Morgan fingerprint density at radius 2 is 1.97 bits per heavy atom. The van der Waals surface area contributed by atoms with E-state index in [1.807, 2.05) is 24.3 Å². The number of imidazole rings is 1. The fourth-order valence-corrected chi connectivity index (χ4v) is 4.51. The number of nitrogens with zero attached hydrogens (tertiary/aromatic N) is 4. The average Bonchev–Trinajstić information content (AvgIpc) is 3.32. The summed E-state index contributed by atoms with van der Waals surface area (Å²) in [5.74, 6) is 1.07. The van der Waals surface area contributed by atoms with Crippen LogP contribution in [0.2, 0.25) is 0 Å². The Bertz CT molecular complexity index is 1250. The standard InChI is InChI=1S/C24H25N5O/c1-16(30)25-18-11-12-20-17(14-18)9-10-19(26-20)15-29-13-5-8-23(29)24-27-21-6-3-4-7-22(21)28(24)2/h3-4,6-7,9-12,14,23H,5,8,13,15H2,1-2H3,(H,25,30). The van der Waals surface area contributed by atoms with Gasteiger partial charge in [0.15, 0.2) is 0 Å². The summed E-state index contributed by atoms with van der Waals surface area (Å²) in [7, 11) is 2.11. The molecule has 0 radical (unpaired) electrons. The molecule has 0 saturated carbocycles. The summed E-state index contributed by atoms with van der Waals surface area (Å²) in [5.41, 5.74) is 5.03. The number of nitrogens with one attached hydrogen (secondary N) is 1. The highest BCUT2D eigenvalue weighted by atomic mass is 16.1.